The van der Waals surface area contributed by atoms with Gasteiger partial charge in [0.25, 0.3) is 0 Å². The fourth-order valence-electron chi connectivity index (χ4n) is 2.91. The van der Waals surface area contributed by atoms with Crippen molar-refractivity contribution in [1.82, 2.24) is 4.72 Å². The van der Waals surface area contributed by atoms with Crippen molar-refractivity contribution in [2.75, 3.05) is 19.8 Å². The van der Waals surface area contributed by atoms with E-state index in [0.29, 0.717) is 30.3 Å². The summed E-state index contributed by atoms with van der Waals surface area (Å²) in [5.74, 6) is -0.116. The number of benzene rings is 2. The molecule has 0 amide bonds. The lowest BCUT2D eigenvalue weighted by molar-refractivity contribution is 0.0784. The molecule has 7 heteroatoms. The van der Waals surface area contributed by atoms with Gasteiger partial charge in [0, 0.05) is 34.4 Å². The lowest BCUT2D eigenvalue weighted by Crippen LogP contribution is -2.44. The van der Waals surface area contributed by atoms with Crippen LogP contribution < -0.4 is 4.72 Å². The third-order valence-corrected chi connectivity index (χ3v) is 7.54. The molecule has 1 heterocycles. The average molecular weight is 412 g/mol. The molecule has 0 saturated carbocycles. The summed E-state index contributed by atoms with van der Waals surface area (Å²) in [5.41, 5.74) is 0.610. The molecule has 140 valence electrons. The molecule has 0 spiro atoms. The van der Waals surface area contributed by atoms with Gasteiger partial charge in [-0.2, -0.15) is 0 Å². The topological polar surface area (TPSA) is 55.4 Å². The van der Waals surface area contributed by atoms with Crippen molar-refractivity contribution in [3.8, 4) is 0 Å². The molecular formula is C19H22ClNO3S2. The minimum absolute atomic E-state index is 0.116. The van der Waals surface area contributed by atoms with Crippen LogP contribution >= 0.6 is 23.4 Å². The van der Waals surface area contributed by atoms with Crippen LogP contribution in [0.25, 0.3) is 0 Å². The van der Waals surface area contributed by atoms with Crippen LogP contribution in [0, 0.1) is 0 Å². The lowest BCUT2D eigenvalue weighted by Gasteiger charge is -2.36. The van der Waals surface area contributed by atoms with E-state index in [1.165, 1.54) is 0 Å². The molecule has 0 aliphatic carbocycles. The van der Waals surface area contributed by atoms with Crippen molar-refractivity contribution in [3.05, 3.63) is 65.2 Å². The number of nitrogens with one attached hydrogen (secondary N) is 1. The maximum Gasteiger partial charge on any atom is 0.215 e. The molecule has 1 fully saturated rings. The van der Waals surface area contributed by atoms with Gasteiger partial charge in [-0.25, -0.2) is 13.1 Å². The summed E-state index contributed by atoms with van der Waals surface area (Å²) in [4.78, 5) is 1.14. The molecule has 0 bridgehead atoms. The molecule has 0 unspecified atom stereocenters. The Morgan fingerprint density at radius 2 is 1.69 bits per heavy atom. The SMILES string of the molecule is O=S(=O)(Cc1ccccc1Cl)NCC1(Sc2ccccc2)CCOCC1. The number of hydrogen-bond acceptors (Lipinski definition) is 4. The molecule has 2 aromatic rings. The number of rotatable bonds is 7. The van der Waals surface area contributed by atoms with Crippen molar-refractivity contribution in [2.24, 2.45) is 0 Å². The van der Waals surface area contributed by atoms with Gasteiger partial charge in [-0.1, -0.05) is 48.0 Å². The highest BCUT2D eigenvalue weighted by molar-refractivity contribution is 8.00. The van der Waals surface area contributed by atoms with E-state index >= 15 is 0 Å². The van der Waals surface area contributed by atoms with Gasteiger partial charge in [-0.15, -0.1) is 11.8 Å². The number of ether oxygens (including phenoxy) is 1. The molecule has 0 aromatic heterocycles. The monoisotopic (exact) mass is 411 g/mol. The molecule has 4 nitrogen and oxygen atoms in total. The van der Waals surface area contributed by atoms with Crippen molar-refractivity contribution >= 4 is 33.4 Å². The summed E-state index contributed by atoms with van der Waals surface area (Å²) in [7, 11) is -3.48. The van der Waals surface area contributed by atoms with E-state index in [-0.39, 0.29) is 10.5 Å². The maximum absolute atomic E-state index is 12.6. The molecule has 26 heavy (non-hydrogen) atoms. The average Bonchev–Trinajstić information content (AvgIpc) is 2.64. The predicted molar refractivity (Wildman–Crippen MR) is 107 cm³/mol. The first kappa shape index (κ1) is 19.7. The Kier molecular flexibility index (Phi) is 6.64. The molecule has 2 aromatic carbocycles. The maximum atomic E-state index is 12.6. The van der Waals surface area contributed by atoms with E-state index in [4.69, 9.17) is 16.3 Å². The summed E-state index contributed by atoms with van der Waals surface area (Å²) in [6, 6.07) is 17.1. The van der Waals surface area contributed by atoms with Gasteiger partial charge >= 0.3 is 0 Å². The Balaban J connectivity index is 1.70. The summed E-state index contributed by atoms with van der Waals surface area (Å²) in [6.07, 6.45) is 1.61. The van der Waals surface area contributed by atoms with E-state index < -0.39 is 10.0 Å². The summed E-state index contributed by atoms with van der Waals surface area (Å²) >= 11 is 7.83. The Morgan fingerprint density at radius 1 is 1.04 bits per heavy atom. The van der Waals surface area contributed by atoms with Crippen LogP contribution in [0.2, 0.25) is 5.02 Å². The van der Waals surface area contributed by atoms with Crippen LogP contribution in [0.1, 0.15) is 18.4 Å². The van der Waals surface area contributed by atoms with E-state index in [0.717, 1.165) is 17.7 Å². The van der Waals surface area contributed by atoms with Crippen molar-refractivity contribution in [1.29, 1.82) is 0 Å². The summed E-state index contributed by atoms with van der Waals surface area (Å²) in [6.45, 7) is 1.67. The van der Waals surface area contributed by atoms with Gasteiger partial charge in [0.2, 0.25) is 10.0 Å². The van der Waals surface area contributed by atoms with Crippen LogP contribution in [0.15, 0.2) is 59.5 Å². The third kappa shape index (κ3) is 5.47. The minimum atomic E-state index is -3.48. The van der Waals surface area contributed by atoms with Crippen LogP contribution in [0.5, 0.6) is 0 Å². The van der Waals surface area contributed by atoms with Gasteiger partial charge in [0.1, 0.15) is 0 Å². The quantitative estimate of drug-likeness (QED) is 0.745. The molecule has 1 aliphatic heterocycles. The largest absolute Gasteiger partial charge is 0.381 e. The normalized spacial score (nSPS) is 17.1. The van der Waals surface area contributed by atoms with Gasteiger partial charge < -0.3 is 4.74 Å². The fraction of sp³-hybridized carbons (Fsp3) is 0.368. The van der Waals surface area contributed by atoms with E-state index in [9.17, 15) is 8.42 Å². The van der Waals surface area contributed by atoms with Crippen molar-refractivity contribution < 1.29 is 13.2 Å². The minimum Gasteiger partial charge on any atom is -0.381 e. The summed E-state index contributed by atoms with van der Waals surface area (Å²) < 4.78 is 33.3. The molecule has 0 radical (unpaired) electrons. The first-order valence-electron chi connectivity index (χ1n) is 8.51. The van der Waals surface area contributed by atoms with Gasteiger partial charge in [-0.05, 0) is 36.6 Å². The van der Waals surface area contributed by atoms with Crippen molar-refractivity contribution in [2.45, 2.75) is 28.2 Å². The standard InChI is InChI=1S/C19H22ClNO3S2/c20-18-9-5-4-6-16(18)14-26(22,23)21-15-19(10-12-24-13-11-19)25-17-7-2-1-3-8-17/h1-9,21H,10-15H2. The fourth-order valence-corrected chi connectivity index (χ4v) is 5.85. The molecule has 1 saturated heterocycles. The summed E-state index contributed by atoms with van der Waals surface area (Å²) in [5, 5.41) is 0.470. The highest BCUT2D eigenvalue weighted by Gasteiger charge is 2.35. The number of halogens is 1. The highest BCUT2D eigenvalue weighted by Crippen LogP contribution is 2.40. The molecular weight excluding hydrogens is 390 g/mol. The highest BCUT2D eigenvalue weighted by atomic mass is 35.5. The third-order valence-electron chi connectivity index (χ3n) is 4.40. The molecule has 3 rings (SSSR count). The second kappa shape index (κ2) is 8.76. The number of hydrogen-bond donors (Lipinski definition) is 1. The van der Waals surface area contributed by atoms with E-state index in [1.54, 1.807) is 36.0 Å². The van der Waals surface area contributed by atoms with E-state index in [2.05, 4.69) is 16.9 Å². The van der Waals surface area contributed by atoms with Gasteiger partial charge in [0.05, 0.1) is 5.75 Å². The molecule has 1 N–H and O–H groups in total. The Hall–Kier alpha value is -1.05. The van der Waals surface area contributed by atoms with Crippen molar-refractivity contribution in [3.63, 3.8) is 0 Å². The van der Waals surface area contributed by atoms with Gasteiger partial charge in [0.15, 0.2) is 0 Å². The Bertz CT molecular complexity index is 822. The zero-order valence-electron chi connectivity index (χ0n) is 14.4. The first-order chi connectivity index (χ1) is 12.5. The lowest BCUT2D eigenvalue weighted by atomic mass is 9.99. The number of sulfonamides is 1. The second-order valence-corrected chi connectivity index (χ2v) is 10.1. The molecule has 0 atom stereocenters. The first-order valence-corrected chi connectivity index (χ1v) is 11.4. The number of thioether (sulfide) groups is 1. The molecule has 1 aliphatic rings. The van der Waals surface area contributed by atoms with Crippen LogP contribution in [-0.4, -0.2) is 32.9 Å². The van der Waals surface area contributed by atoms with Crippen LogP contribution in [0.4, 0.5) is 0 Å². The second-order valence-electron chi connectivity index (χ2n) is 6.38. The van der Waals surface area contributed by atoms with Gasteiger partial charge in [-0.3, -0.25) is 0 Å². The Morgan fingerprint density at radius 3 is 2.38 bits per heavy atom. The van der Waals surface area contributed by atoms with Crippen LogP contribution in [0.3, 0.4) is 0 Å². The van der Waals surface area contributed by atoms with Crippen LogP contribution in [-0.2, 0) is 20.5 Å². The predicted octanol–water partition coefficient (Wildman–Crippen LogP) is 4.10. The van der Waals surface area contributed by atoms with E-state index in [1.807, 2.05) is 18.2 Å². The zero-order chi connectivity index (χ0) is 18.5. The Labute approximate surface area is 164 Å². The smallest absolute Gasteiger partial charge is 0.215 e. The zero-order valence-corrected chi connectivity index (χ0v) is 16.7.